The Morgan fingerprint density at radius 2 is 2.12 bits per heavy atom. The first-order valence-electron chi connectivity index (χ1n) is 8.65. The second-order valence-electron chi connectivity index (χ2n) is 6.26. The number of nitrogens with zero attached hydrogens (tertiary/aromatic N) is 7. The minimum absolute atomic E-state index is 0. The zero-order valence-corrected chi connectivity index (χ0v) is 18.2. The van der Waals surface area contributed by atoms with Crippen LogP contribution >= 0.6 is 11.3 Å². The Labute approximate surface area is 216 Å². The molecule has 2 aromatic rings. The molecule has 2 aromatic heterocycles. The van der Waals surface area contributed by atoms with Crippen LogP contribution < -0.4 is 16.8 Å². The van der Waals surface area contributed by atoms with Gasteiger partial charge in [-0.3, -0.25) is 14.1 Å². The van der Waals surface area contributed by atoms with Crippen molar-refractivity contribution in [2.45, 2.75) is 18.7 Å². The van der Waals surface area contributed by atoms with Crippen molar-refractivity contribution in [1.82, 2.24) is 34.8 Å². The number of thiazole rings is 1. The Balaban J connectivity index is 0.00000408. The molecular formula is C13H17N10NaO8S2. The summed E-state index contributed by atoms with van der Waals surface area (Å²) < 4.78 is 38.0. The Kier molecular flexibility index (Phi) is 8.85. The number of carbonyl (C=O) groups is 3. The number of aryl methyl sites for hydroxylation is 1. The minimum atomic E-state index is -5.00. The van der Waals surface area contributed by atoms with E-state index in [0.29, 0.717) is 0 Å². The molecule has 34 heavy (non-hydrogen) atoms. The van der Waals surface area contributed by atoms with Gasteiger partial charge in [-0.25, -0.2) is 18.8 Å². The van der Waals surface area contributed by atoms with Crippen molar-refractivity contribution in [2.24, 2.45) is 17.9 Å². The van der Waals surface area contributed by atoms with Crippen LogP contribution in [0.25, 0.3) is 0 Å². The summed E-state index contributed by atoms with van der Waals surface area (Å²) in [5.74, 6) is -1.92. The number of amides is 3. The van der Waals surface area contributed by atoms with Gasteiger partial charge in [0.1, 0.15) is 24.4 Å². The second kappa shape index (κ2) is 11.0. The summed E-state index contributed by atoms with van der Waals surface area (Å²) in [6.45, 7) is -0.953. The van der Waals surface area contributed by atoms with E-state index in [9.17, 15) is 27.4 Å². The number of ether oxygens (including phenoxy) is 1. The van der Waals surface area contributed by atoms with Gasteiger partial charge in [-0.1, -0.05) is 5.16 Å². The fourth-order valence-electron chi connectivity index (χ4n) is 2.63. The number of oxime groups is 1. The summed E-state index contributed by atoms with van der Waals surface area (Å²) >= 11 is 0.994. The molecule has 0 unspecified atom stereocenters. The Morgan fingerprint density at radius 3 is 2.65 bits per heavy atom. The quantitative estimate of drug-likeness (QED) is 0.0798. The standard InChI is InChI=1S/C13H16N10O8S2.Na.H/c1-22-7(18-20-21-22)3-31-19-8(5-4-32-12(14)16-5)10(24)17-9-6(2-30-13(15)26)23(11(9)25)33(27,28)29;;/h4,6,9H,2-3H2,1H3,(H2,14,16)(H2,15,26)(H,17,24)(H,27,28,29);;/t6-,9+;;/m1../s1. The summed E-state index contributed by atoms with van der Waals surface area (Å²) in [5.41, 5.74) is 10.0. The topological polar surface area (TPSA) is 260 Å². The van der Waals surface area contributed by atoms with E-state index in [2.05, 4.69) is 35.7 Å². The fourth-order valence-corrected chi connectivity index (χ4v) is 4.04. The molecule has 180 valence electrons. The maximum absolute atomic E-state index is 12.8. The number of rotatable bonds is 9. The molecule has 3 rings (SSSR count). The number of carbonyl (C=O) groups excluding carboxylic acids is 3. The van der Waals surface area contributed by atoms with Gasteiger partial charge in [-0.15, -0.1) is 16.4 Å². The average Bonchev–Trinajstić information content (AvgIpc) is 3.32. The Morgan fingerprint density at radius 1 is 1.41 bits per heavy atom. The molecule has 0 radical (unpaired) electrons. The fraction of sp³-hybridized carbons (Fsp3) is 0.385. The molecule has 3 heterocycles. The van der Waals surface area contributed by atoms with Crippen molar-refractivity contribution in [3.63, 3.8) is 0 Å². The summed E-state index contributed by atoms with van der Waals surface area (Å²) in [7, 11) is -3.45. The van der Waals surface area contributed by atoms with E-state index in [4.69, 9.17) is 16.3 Å². The van der Waals surface area contributed by atoms with Crippen molar-refractivity contribution in [3.05, 3.63) is 16.9 Å². The van der Waals surface area contributed by atoms with Crippen LogP contribution in [0.1, 0.15) is 11.5 Å². The van der Waals surface area contributed by atoms with Crippen LogP contribution in [0.15, 0.2) is 10.5 Å². The summed E-state index contributed by atoms with van der Waals surface area (Å²) in [4.78, 5) is 45.0. The third kappa shape index (κ3) is 6.15. The van der Waals surface area contributed by atoms with Crippen LogP contribution in [-0.4, -0.2) is 114 Å². The van der Waals surface area contributed by atoms with E-state index in [1.807, 2.05) is 0 Å². The van der Waals surface area contributed by atoms with Gasteiger partial charge < -0.3 is 26.4 Å². The third-order valence-electron chi connectivity index (χ3n) is 4.14. The van der Waals surface area contributed by atoms with Crippen molar-refractivity contribution in [1.29, 1.82) is 0 Å². The molecule has 0 aromatic carbocycles. The summed E-state index contributed by atoms with van der Waals surface area (Å²) in [6.07, 6.45) is -1.26. The summed E-state index contributed by atoms with van der Waals surface area (Å²) in [6, 6.07) is -2.97. The van der Waals surface area contributed by atoms with E-state index in [0.717, 1.165) is 11.3 Å². The van der Waals surface area contributed by atoms with E-state index in [-0.39, 0.29) is 57.1 Å². The maximum atomic E-state index is 12.8. The number of tetrazole rings is 1. The first kappa shape index (κ1) is 27.3. The number of hydrogen-bond acceptors (Lipinski definition) is 14. The van der Waals surface area contributed by atoms with E-state index < -0.39 is 52.6 Å². The third-order valence-corrected chi connectivity index (χ3v) is 5.76. The molecule has 2 atom stereocenters. The monoisotopic (exact) mass is 528 g/mol. The zero-order chi connectivity index (χ0) is 24.3. The van der Waals surface area contributed by atoms with Gasteiger partial charge in [0, 0.05) is 12.4 Å². The molecule has 1 aliphatic heterocycles. The normalized spacial score (nSPS) is 18.0. The molecule has 0 aliphatic carbocycles. The van der Waals surface area contributed by atoms with Crippen LogP contribution in [-0.2, 0) is 43.1 Å². The van der Waals surface area contributed by atoms with Gasteiger partial charge in [-0.2, -0.15) is 8.42 Å². The molecule has 18 nitrogen and oxygen atoms in total. The number of aromatic nitrogens is 5. The Bertz CT molecular complexity index is 1210. The number of β-lactam (4-membered cyclic amide) rings is 1. The number of hydrogen-bond donors (Lipinski definition) is 4. The second-order valence-corrected chi connectivity index (χ2v) is 8.44. The molecule has 0 bridgehead atoms. The van der Waals surface area contributed by atoms with Gasteiger partial charge in [0.25, 0.3) is 11.8 Å². The molecule has 0 saturated carbocycles. The Hall–Kier alpha value is -2.91. The van der Waals surface area contributed by atoms with Crippen molar-refractivity contribution in [3.8, 4) is 0 Å². The first-order chi connectivity index (χ1) is 15.5. The van der Waals surface area contributed by atoms with Crippen LogP contribution in [0.4, 0.5) is 9.93 Å². The number of nitrogen functional groups attached to an aromatic ring is 1. The van der Waals surface area contributed by atoms with Gasteiger partial charge in [0.05, 0.1) is 0 Å². The van der Waals surface area contributed by atoms with Gasteiger partial charge in [-0.05, 0) is 10.4 Å². The van der Waals surface area contributed by atoms with Crippen LogP contribution in [0.2, 0.25) is 0 Å². The van der Waals surface area contributed by atoms with Gasteiger partial charge >= 0.3 is 46.0 Å². The predicted molar refractivity (Wildman–Crippen MR) is 113 cm³/mol. The SMILES string of the molecule is Cn1nnnc1CON=C(C(=O)N[C@@H]1C(=O)N(S(=O)(=O)O)[C@@H]1COC(N)=O)c1csc(N)n1.[NaH]. The van der Waals surface area contributed by atoms with Crippen molar-refractivity contribution in [2.75, 3.05) is 12.3 Å². The molecule has 21 heteroatoms. The van der Waals surface area contributed by atoms with Gasteiger partial charge in [0.15, 0.2) is 23.3 Å². The molecule has 1 aliphatic rings. The predicted octanol–water partition coefficient (Wildman–Crippen LogP) is -3.89. The van der Waals surface area contributed by atoms with E-state index in [1.165, 1.54) is 10.1 Å². The van der Waals surface area contributed by atoms with Crippen molar-refractivity contribution < 1.29 is 36.9 Å². The molecule has 0 spiro atoms. The number of nitrogens with one attached hydrogen (secondary N) is 1. The molecular weight excluding hydrogens is 511 g/mol. The van der Waals surface area contributed by atoms with Crippen LogP contribution in [0, 0.1) is 0 Å². The molecule has 3 amide bonds. The zero-order valence-electron chi connectivity index (χ0n) is 16.6. The number of primary amides is 1. The number of nitrogens with two attached hydrogens (primary N) is 2. The first-order valence-corrected chi connectivity index (χ1v) is 10.9. The van der Waals surface area contributed by atoms with E-state index >= 15 is 0 Å². The average molecular weight is 528 g/mol. The molecule has 1 fully saturated rings. The van der Waals surface area contributed by atoms with Crippen LogP contribution in [0.3, 0.4) is 0 Å². The van der Waals surface area contributed by atoms with Crippen LogP contribution in [0.5, 0.6) is 0 Å². The van der Waals surface area contributed by atoms with E-state index in [1.54, 1.807) is 7.05 Å². The summed E-state index contributed by atoms with van der Waals surface area (Å²) in [5, 5.41) is 18.2. The molecule has 1 saturated heterocycles. The van der Waals surface area contributed by atoms with Gasteiger partial charge in [0.2, 0.25) is 0 Å². The molecule has 6 N–H and O–H groups in total. The van der Waals surface area contributed by atoms with Crippen molar-refractivity contribution >= 4 is 79.9 Å². The number of anilines is 1.